The van der Waals surface area contributed by atoms with Gasteiger partial charge in [0.15, 0.2) is 0 Å². The van der Waals surface area contributed by atoms with E-state index in [0.717, 1.165) is 5.56 Å². The lowest BCUT2D eigenvalue weighted by Crippen LogP contribution is -2.28. The molecule has 0 heterocycles. The number of benzene rings is 1. The maximum absolute atomic E-state index is 6.11. The first kappa shape index (κ1) is 12.6. The summed E-state index contributed by atoms with van der Waals surface area (Å²) in [5.74, 6) is 0.580. The molecular weight excluding hydrogens is 235 g/mol. The zero-order valence-corrected chi connectivity index (χ0v) is 10.4. The molecule has 0 atom stereocenters. The topological polar surface area (TPSA) is 33.3 Å². The van der Waals surface area contributed by atoms with Crippen LogP contribution in [0.4, 0.5) is 0 Å². The van der Waals surface area contributed by atoms with E-state index in [1.54, 1.807) is 19.2 Å². The van der Waals surface area contributed by atoms with Gasteiger partial charge in [-0.3, -0.25) is 0 Å². The summed E-state index contributed by atoms with van der Waals surface area (Å²) >= 11 is 12.1. The van der Waals surface area contributed by atoms with Crippen LogP contribution in [0.1, 0.15) is 11.7 Å². The average molecular weight is 249 g/mol. The second-order valence-electron chi connectivity index (χ2n) is 3.02. The van der Waals surface area contributed by atoms with Crippen molar-refractivity contribution < 1.29 is 4.74 Å². The number of ether oxygens (including phenoxy) is 1. The number of hydrogen-bond acceptors (Lipinski definition) is 3. The third-order valence-electron chi connectivity index (χ3n) is 2.16. The van der Waals surface area contributed by atoms with Crippen LogP contribution in [0.2, 0.25) is 10.0 Å². The van der Waals surface area contributed by atoms with Crippen molar-refractivity contribution in [3.8, 4) is 5.75 Å². The molecule has 5 heteroatoms. The highest BCUT2D eigenvalue weighted by atomic mass is 35.5. The summed E-state index contributed by atoms with van der Waals surface area (Å²) < 4.78 is 5.07. The molecule has 3 nitrogen and oxygen atoms in total. The normalized spacial score (nSPS) is 10.8. The van der Waals surface area contributed by atoms with Gasteiger partial charge in [-0.05, 0) is 20.2 Å². The van der Waals surface area contributed by atoms with Gasteiger partial charge in [-0.25, -0.2) is 0 Å². The highest BCUT2D eigenvalue weighted by molar-refractivity contribution is 6.34. The third kappa shape index (κ3) is 2.75. The van der Waals surface area contributed by atoms with Crippen LogP contribution in [0, 0.1) is 0 Å². The Labute approximate surface area is 99.7 Å². The van der Waals surface area contributed by atoms with Crippen molar-refractivity contribution in [2.24, 2.45) is 0 Å². The molecule has 84 valence electrons. The Kier molecular flexibility index (Phi) is 4.67. The van der Waals surface area contributed by atoms with Gasteiger partial charge < -0.3 is 15.4 Å². The quantitative estimate of drug-likeness (QED) is 0.804. The van der Waals surface area contributed by atoms with Crippen molar-refractivity contribution in [3.63, 3.8) is 0 Å². The van der Waals surface area contributed by atoms with Gasteiger partial charge in [0, 0.05) is 11.6 Å². The van der Waals surface area contributed by atoms with Crippen molar-refractivity contribution in [1.82, 2.24) is 10.6 Å². The molecular formula is C10H14Cl2N2O. The summed E-state index contributed by atoms with van der Waals surface area (Å²) in [6.07, 6.45) is -0.0269. The Balaban J connectivity index is 3.14. The Hall–Kier alpha value is -0.480. The monoisotopic (exact) mass is 248 g/mol. The average Bonchev–Trinajstić information content (AvgIpc) is 2.24. The predicted molar refractivity (Wildman–Crippen MR) is 63.9 cm³/mol. The first-order valence-corrected chi connectivity index (χ1v) is 5.27. The summed E-state index contributed by atoms with van der Waals surface area (Å²) in [6, 6.07) is 3.50. The molecule has 0 aliphatic rings. The summed E-state index contributed by atoms with van der Waals surface area (Å²) in [5, 5.41) is 7.32. The molecule has 1 aromatic rings. The van der Waals surface area contributed by atoms with E-state index in [4.69, 9.17) is 27.9 Å². The molecule has 15 heavy (non-hydrogen) atoms. The molecule has 0 spiro atoms. The van der Waals surface area contributed by atoms with Gasteiger partial charge >= 0.3 is 0 Å². The van der Waals surface area contributed by atoms with E-state index >= 15 is 0 Å². The van der Waals surface area contributed by atoms with E-state index in [1.165, 1.54) is 0 Å². The molecule has 1 aromatic carbocycles. The lowest BCUT2D eigenvalue weighted by molar-refractivity contribution is 0.414. The zero-order chi connectivity index (χ0) is 11.4. The maximum atomic E-state index is 6.11. The van der Waals surface area contributed by atoms with Crippen LogP contribution >= 0.6 is 23.2 Å². The van der Waals surface area contributed by atoms with Crippen LogP contribution in [-0.2, 0) is 0 Å². The first-order chi connectivity index (χ1) is 7.13. The Morgan fingerprint density at radius 1 is 1.13 bits per heavy atom. The van der Waals surface area contributed by atoms with Gasteiger partial charge in [0.25, 0.3) is 0 Å². The minimum atomic E-state index is -0.0269. The van der Waals surface area contributed by atoms with Gasteiger partial charge in [-0.1, -0.05) is 23.2 Å². The van der Waals surface area contributed by atoms with E-state index < -0.39 is 0 Å². The standard InChI is InChI=1S/C10H14Cl2N2O/c1-13-10(14-2)6-4-8(12)9(15-3)5-7(6)11/h4-5,10,13-14H,1-3H3. The minimum Gasteiger partial charge on any atom is -0.495 e. The fourth-order valence-electron chi connectivity index (χ4n) is 1.38. The maximum Gasteiger partial charge on any atom is 0.138 e. The Bertz CT molecular complexity index is 340. The zero-order valence-electron chi connectivity index (χ0n) is 8.90. The van der Waals surface area contributed by atoms with Gasteiger partial charge in [0.1, 0.15) is 5.75 Å². The highest BCUT2D eigenvalue weighted by Crippen LogP contribution is 2.33. The number of halogens is 2. The van der Waals surface area contributed by atoms with Gasteiger partial charge in [-0.15, -0.1) is 0 Å². The van der Waals surface area contributed by atoms with E-state index in [1.807, 2.05) is 14.1 Å². The van der Waals surface area contributed by atoms with E-state index in [9.17, 15) is 0 Å². The van der Waals surface area contributed by atoms with Crippen LogP contribution in [0.15, 0.2) is 12.1 Å². The fraction of sp³-hybridized carbons (Fsp3) is 0.400. The first-order valence-electron chi connectivity index (χ1n) is 4.51. The van der Waals surface area contributed by atoms with Gasteiger partial charge in [0.05, 0.1) is 23.3 Å². The van der Waals surface area contributed by atoms with Crippen molar-refractivity contribution in [1.29, 1.82) is 0 Å². The lowest BCUT2D eigenvalue weighted by atomic mass is 10.1. The van der Waals surface area contributed by atoms with Crippen LogP contribution < -0.4 is 15.4 Å². The van der Waals surface area contributed by atoms with Crippen LogP contribution in [0.3, 0.4) is 0 Å². The molecule has 0 amide bonds. The summed E-state index contributed by atoms with van der Waals surface area (Å²) in [6.45, 7) is 0. The van der Waals surface area contributed by atoms with E-state index in [2.05, 4.69) is 10.6 Å². The van der Waals surface area contributed by atoms with E-state index in [0.29, 0.717) is 15.8 Å². The summed E-state index contributed by atoms with van der Waals surface area (Å²) in [7, 11) is 5.25. The van der Waals surface area contributed by atoms with Gasteiger partial charge in [-0.2, -0.15) is 0 Å². The van der Waals surface area contributed by atoms with Crippen LogP contribution in [0.25, 0.3) is 0 Å². The van der Waals surface area contributed by atoms with Gasteiger partial charge in [0.2, 0.25) is 0 Å². The highest BCUT2D eigenvalue weighted by Gasteiger charge is 2.14. The molecule has 0 saturated carbocycles. The summed E-state index contributed by atoms with van der Waals surface area (Å²) in [5.41, 5.74) is 0.896. The molecule has 0 radical (unpaired) electrons. The molecule has 0 bridgehead atoms. The molecule has 0 fully saturated rings. The molecule has 0 aliphatic heterocycles. The van der Waals surface area contributed by atoms with Crippen molar-refractivity contribution in [2.75, 3.05) is 21.2 Å². The number of nitrogens with one attached hydrogen (secondary N) is 2. The molecule has 0 aromatic heterocycles. The Morgan fingerprint density at radius 2 is 1.73 bits per heavy atom. The SMILES string of the molecule is CNC(NC)c1cc(Cl)c(OC)cc1Cl. The molecule has 1 rings (SSSR count). The largest absolute Gasteiger partial charge is 0.495 e. The minimum absolute atomic E-state index is 0.0269. The van der Waals surface area contributed by atoms with E-state index in [-0.39, 0.29) is 6.17 Å². The number of methoxy groups -OCH3 is 1. The molecule has 0 saturated heterocycles. The third-order valence-corrected chi connectivity index (χ3v) is 2.78. The smallest absolute Gasteiger partial charge is 0.138 e. The van der Waals surface area contributed by atoms with Crippen LogP contribution in [0.5, 0.6) is 5.75 Å². The molecule has 2 N–H and O–H groups in total. The van der Waals surface area contributed by atoms with Crippen molar-refractivity contribution in [2.45, 2.75) is 6.17 Å². The Morgan fingerprint density at radius 3 is 2.20 bits per heavy atom. The second kappa shape index (κ2) is 5.56. The summed E-state index contributed by atoms with van der Waals surface area (Å²) in [4.78, 5) is 0. The second-order valence-corrected chi connectivity index (χ2v) is 3.83. The fourth-order valence-corrected chi connectivity index (χ4v) is 1.89. The van der Waals surface area contributed by atoms with Crippen molar-refractivity contribution in [3.05, 3.63) is 27.7 Å². The number of hydrogen-bond donors (Lipinski definition) is 2. The van der Waals surface area contributed by atoms with Crippen molar-refractivity contribution >= 4 is 23.2 Å². The predicted octanol–water partition coefficient (Wildman–Crippen LogP) is 2.44. The molecule has 0 aliphatic carbocycles. The number of rotatable bonds is 4. The van der Waals surface area contributed by atoms with Crippen LogP contribution in [-0.4, -0.2) is 21.2 Å². The molecule has 0 unspecified atom stereocenters. The lowest BCUT2D eigenvalue weighted by Gasteiger charge is -2.18.